The van der Waals surface area contributed by atoms with E-state index in [1.807, 2.05) is 0 Å². The van der Waals surface area contributed by atoms with Crippen molar-refractivity contribution in [1.82, 2.24) is 24.1 Å². The summed E-state index contributed by atoms with van der Waals surface area (Å²) in [6.45, 7) is -0.168. The summed E-state index contributed by atoms with van der Waals surface area (Å²) in [5.74, 6) is 1.07. The number of aromatic amines is 1. The summed E-state index contributed by atoms with van der Waals surface area (Å²) in [5, 5.41) is 2.63. The van der Waals surface area contributed by atoms with Gasteiger partial charge in [0.15, 0.2) is 12.3 Å². The number of aryl methyl sites for hydroxylation is 1. The maximum absolute atomic E-state index is 12.3. The summed E-state index contributed by atoms with van der Waals surface area (Å²) in [5.41, 5.74) is 0.348. The van der Waals surface area contributed by atoms with Crippen LogP contribution in [0.4, 0.5) is 5.82 Å². The molecule has 0 spiro atoms. The molecule has 0 saturated carbocycles. The van der Waals surface area contributed by atoms with E-state index in [-0.39, 0.29) is 23.7 Å². The molecule has 152 valence electrons. The van der Waals surface area contributed by atoms with Crippen LogP contribution in [-0.2, 0) is 18.9 Å². The third-order valence-electron chi connectivity index (χ3n) is 4.52. The van der Waals surface area contributed by atoms with Crippen LogP contribution in [0.25, 0.3) is 22.6 Å². The van der Waals surface area contributed by atoms with Crippen LogP contribution in [0.5, 0.6) is 5.75 Å². The molecule has 4 aromatic rings. The van der Waals surface area contributed by atoms with E-state index in [0.29, 0.717) is 23.0 Å². The van der Waals surface area contributed by atoms with Gasteiger partial charge in [0.25, 0.3) is 11.5 Å². The fourth-order valence-corrected chi connectivity index (χ4v) is 2.94. The van der Waals surface area contributed by atoms with Crippen LogP contribution in [-0.4, -0.2) is 36.6 Å². The normalized spacial score (nSPS) is 10.9. The lowest BCUT2D eigenvalue weighted by Gasteiger charge is -2.07. The van der Waals surface area contributed by atoms with Crippen molar-refractivity contribution in [3.63, 3.8) is 0 Å². The molecule has 0 radical (unpaired) electrons. The van der Waals surface area contributed by atoms with Gasteiger partial charge < -0.3 is 15.0 Å². The fraction of sp³-hybridized carbons (Fsp3) is 0.150. The van der Waals surface area contributed by atoms with Crippen LogP contribution in [0.1, 0.15) is 0 Å². The number of carbonyl (C=O) groups excluding carboxylic acids is 1. The number of benzene rings is 1. The van der Waals surface area contributed by atoms with Gasteiger partial charge in [-0.1, -0.05) is 6.07 Å². The zero-order chi connectivity index (χ0) is 21.3. The van der Waals surface area contributed by atoms with E-state index in [2.05, 4.69) is 20.3 Å². The van der Waals surface area contributed by atoms with Gasteiger partial charge in [-0.05, 0) is 36.4 Å². The summed E-state index contributed by atoms with van der Waals surface area (Å²) >= 11 is 0. The molecule has 4 rings (SSSR count). The number of pyridine rings is 1. The number of hydrogen-bond donors (Lipinski definition) is 2. The van der Waals surface area contributed by atoms with Gasteiger partial charge in [-0.2, -0.15) is 0 Å². The number of anilines is 1. The minimum Gasteiger partial charge on any atom is -0.484 e. The average Bonchev–Trinajstić information content (AvgIpc) is 3.22. The molecule has 0 saturated heterocycles. The molecule has 3 heterocycles. The van der Waals surface area contributed by atoms with Gasteiger partial charge in [-0.3, -0.25) is 18.7 Å². The molecule has 30 heavy (non-hydrogen) atoms. The first-order chi connectivity index (χ1) is 14.4. The molecule has 1 amide bonds. The van der Waals surface area contributed by atoms with E-state index < -0.39 is 11.2 Å². The van der Waals surface area contributed by atoms with E-state index in [1.165, 1.54) is 11.6 Å². The molecule has 0 bridgehead atoms. The van der Waals surface area contributed by atoms with Crippen molar-refractivity contribution in [2.45, 2.75) is 0 Å². The highest BCUT2D eigenvalue weighted by Crippen LogP contribution is 2.21. The Labute approximate surface area is 169 Å². The largest absolute Gasteiger partial charge is 0.484 e. The predicted molar refractivity (Wildman–Crippen MR) is 110 cm³/mol. The van der Waals surface area contributed by atoms with Crippen molar-refractivity contribution in [1.29, 1.82) is 0 Å². The van der Waals surface area contributed by atoms with Gasteiger partial charge in [-0.25, -0.2) is 14.8 Å². The standard InChI is InChI=1S/C20H18N6O4/c1-25-18-16(19(28)26(2)20(25)29)23-17(24-18)12-6-8-13(9-7-12)30-11-15(27)22-14-5-3-4-10-21-14/h3-10H,11H2,1-2H3,(H,23,24)(H,21,22,27). The number of nitrogens with zero attached hydrogens (tertiary/aromatic N) is 4. The second-order valence-corrected chi connectivity index (χ2v) is 6.57. The number of ether oxygens (including phenoxy) is 1. The molecule has 10 nitrogen and oxygen atoms in total. The Balaban J connectivity index is 1.49. The molecule has 0 fully saturated rings. The number of aromatic nitrogens is 5. The molecule has 3 aromatic heterocycles. The SMILES string of the molecule is Cn1c(=O)c2[nH]c(-c3ccc(OCC(=O)Nc4ccccn4)cc3)nc2n(C)c1=O. The molecule has 0 atom stereocenters. The van der Waals surface area contributed by atoms with Gasteiger partial charge in [-0.15, -0.1) is 0 Å². The second-order valence-electron chi connectivity index (χ2n) is 6.57. The topological polar surface area (TPSA) is 124 Å². The number of amides is 1. The van der Waals surface area contributed by atoms with Crippen LogP contribution in [0.2, 0.25) is 0 Å². The average molecular weight is 406 g/mol. The zero-order valence-corrected chi connectivity index (χ0v) is 16.2. The van der Waals surface area contributed by atoms with Crippen molar-refractivity contribution in [3.05, 3.63) is 69.5 Å². The summed E-state index contributed by atoms with van der Waals surface area (Å²) in [6, 6.07) is 12.1. The highest BCUT2D eigenvalue weighted by atomic mass is 16.5. The van der Waals surface area contributed by atoms with E-state index >= 15 is 0 Å². The zero-order valence-electron chi connectivity index (χ0n) is 16.2. The number of hydrogen-bond acceptors (Lipinski definition) is 6. The van der Waals surface area contributed by atoms with E-state index in [4.69, 9.17) is 4.74 Å². The van der Waals surface area contributed by atoms with Crippen LogP contribution >= 0.6 is 0 Å². The number of rotatable bonds is 5. The van der Waals surface area contributed by atoms with Crippen molar-refractivity contribution in [3.8, 4) is 17.1 Å². The Morgan fingerprint density at radius 1 is 1.10 bits per heavy atom. The second kappa shape index (κ2) is 7.66. The summed E-state index contributed by atoms with van der Waals surface area (Å²) in [7, 11) is 2.97. The Morgan fingerprint density at radius 2 is 1.87 bits per heavy atom. The number of fused-ring (bicyclic) bond motifs is 1. The quantitative estimate of drug-likeness (QED) is 0.510. The highest BCUT2D eigenvalue weighted by Gasteiger charge is 2.14. The van der Waals surface area contributed by atoms with E-state index in [0.717, 1.165) is 4.57 Å². The minimum atomic E-state index is -0.446. The van der Waals surface area contributed by atoms with Gasteiger partial charge in [0, 0.05) is 25.9 Å². The summed E-state index contributed by atoms with van der Waals surface area (Å²) in [4.78, 5) is 47.7. The van der Waals surface area contributed by atoms with Crippen molar-refractivity contribution >= 4 is 22.9 Å². The molecule has 0 aliphatic rings. The van der Waals surface area contributed by atoms with Crippen molar-refractivity contribution in [2.24, 2.45) is 14.1 Å². The fourth-order valence-electron chi connectivity index (χ4n) is 2.94. The molecule has 2 N–H and O–H groups in total. The number of carbonyl (C=O) groups is 1. The molecule has 0 aliphatic carbocycles. The highest BCUT2D eigenvalue weighted by molar-refractivity contribution is 5.90. The Bertz CT molecular complexity index is 1340. The lowest BCUT2D eigenvalue weighted by molar-refractivity contribution is -0.118. The van der Waals surface area contributed by atoms with Gasteiger partial charge in [0.1, 0.15) is 22.9 Å². The number of H-pyrrole nitrogens is 1. The van der Waals surface area contributed by atoms with Crippen LogP contribution in [0.3, 0.4) is 0 Å². The van der Waals surface area contributed by atoms with E-state index in [9.17, 15) is 14.4 Å². The lowest BCUT2D eigenvalue weighted by Crippen LogP contribution is -2.36. The first kappa shape index (κ1) is 19.1. The third-order valence-corrected chi connectivity index (χ3v) is 4.52. The maximum atomic E-state index is 12.3. The molecule has 0 aliphatic heterocycles. The lowest BCUT2D eigenvalue weighted by atomic mass is 10.2. The molecular weight excluding hydrogens is 388 g/mol. The first-order valence-electron chi connectivity index (χ1n) is 9.04. The summed E-state index contributed by atoms with van der Waals surface area (Å²) < 4.78 is 7.83. The van der Waals surface area contributed by atoms with Gasteiger partial charge >= 0.3 is 5.69 Å². The van der Waals surface area contributed by atoms with E-state index in [1.54, 1.807) is 55.7 Å². The number of imidazole rings is 1. The van der Waals surface area contributed by atoms with Crippen LogP contribution in [0, 0.1) is 0 Å². The number of nitrogens with one attached hydrogen (secondary N) is 2. The van der Waals surface area contributed by atoms with Crippen molar-refractivity contribution < 1.29 is 9.53 Å². The monoisotopic (exact) mass is 406 g/mol. The Kier molecular flexibility index (Phi) is 4.88. The Morgan fingerprint density at radius 3 is 2.57 bits per heavy atom. The third kappa shape index (κ3) is 3.58. The summed E-state index contributed by atoms with van der Waals surface area (Å²) in [6.07, 6.45) is 1.58. The molecule has 10 heteroatoms. The maximum Gasteiger partial charge on any atom is 0.332 e. The van der Waals surface area contributed by atoms with Crippen LogP contribution < -0.4 is 21.3 Å². The Hall–Kier alpha value is -4.21. The minimum absolute atomic E-state index is 0.168. The van der Waals surface area contributed by atoms with Crippen LogP contribution in [0.15, 0.2) is 58.3 Å². The van der Waals surface area contributed by atoms with Crippen molar-refractivity contribution in [2.75, 3.05) is 11.9 Å². The predicted octanol–water partition coefficient (Wildman–Crippen LogP) is 1.04. The van der Waals surface area contributed by atoms with Gasteiger partial charge in [0.05, 0.1) is 0 Å². The molecule has 1 aromatic carbocycles. The molecular formula is C20H18N6O4. The molecule has 0 unspecified atom stereocenters. The first-order valence-corrected chi connectivity index (χ1v) is 9.04. The smallest absolute Gasteiger partial charge is 0.332 e. The van der Waals surface area contributed by atoms with Gasteiger partial charge in [0.2, 0.25) is 0 Å².